The Kier molecular flexibility index (Phi) is 6.83. The van der Waals surface area contributed by atoms with Gasteiger partial charge in [-0.15, -0.1) is 0 Å². The first kappa shape index (κ1) is 21.6. The molecular weight excluding hydrogens is 435 g/mol. The first-order chi connectivity index (χ1) is 12.5. The van der Waals surface area contributed by atoms with Crippen LogP contribution in [0.3, 0.4) is 0 Å². The number of carbonyl (C=O) groups is 1. The zero-order valence-corrected chi connectivity index (χ0v) is 15.9. The zero-order valence-electron chi connectivity index (χ0n) is 13.6. The Balaban J connectivity index is 2.35. The van der Waals surface area contributed by atoms with Crippen LogP contribution in [0, 0.1) is 5.82 Å². The summed E-state index contributed by atoms with van der Waals surface area (Å²) in [6, 6.07) is 4.68. The average Bonchev–Trinajstić information content (AvgIpc) is 2.60. The molecule has 0 aliphatic heterocycles. The SMILES string of the molecule is COC(=O)CCc1cc(Oc2c(Cl)cc(C(F)(F)F)c(F)c2Cl)ccc1Cl. The molecule has 2 rings (SSSR count). The van der Waals surface area contributed by atoms with Gasteiger partial charge < -0.3 is 9.47 Å². The summed E-state index contributed by atoms with van der Waals surface area (Å²) in [7, 11) is 1.24. The first-order valence-electron chi connectivity index (χ1n) is 7.32. The molecule has 0 saturated carbocycles. The molecule has 0 atom stereocenters. The Morgan fingerprint density at radius 3 is 2.37 bits per heavy atom. The van der Waals surface area contributed by atoms with Crippen molar-refractivity contribution in [3.05, 3.63) is 56.3 Å². The van der Waals surface area contributed by atoms with E-state index in [9.17, 15) is 22.4 Å². The molecule has 10 heteroatoms. The molecule has 0 spiro atoms. The number of halogens is 7. The Morgan fingerprint density at radius 1 is 1.11 bits per heavy atom. The third-order valence-corrected chi connectivity index (χ3v) is 4.47. The maximum Gasteiger partial charge on any atom is 0.419 e. The molecule has 0 heterocycles. The van der Waals surface area contributed by atoms with Crippen molar-refractivity contribution in [1.82, 2.24) is 0 Å². The zero-order chi connectivity index (χ0) is 20.4. The van der Waals surface area contributed by atoms with Crippen LogP contribution < -0.4 is 4.74 Å². The molecule has 0 N–H and O–H groups in total. The predicted molar refractivity (Wildman–Crippen MR) is 93.3 cm³/mol. The number of benzene rings is 2. The Bertz CT molecular complexity index is 869. The summed E-state index contributed by atoms with van der Waals surface area (Å²) in [5.74, 6) is -2.51. The van der Waals surface area contributed by atoms with E-state index in [1.54, 1.807) is 0 Å². The number of rotatable bonds is 5. The standard InChI is InChI=1S/C17H11Cl3F4O3/c1-26-13(25)5-2-8-6-9(3-4-11(8)18)27-16-12(19)7-10(17(22,23)24)15(21)14(16)20/h3-4,6-7H,2,5H2,1H3. The number of hydrogen-bond donors (Lipinski definition) is 0. The van der Waals surface area contributed by atoms with Gasteiger partial charge in [0.25, 0.3) is 0 Å². The van der Waals surface area contributed by atoms with E-state index < -0.39 is 39.3 Å². The van der Waals surface area contributed by atoms with Crippen LogP contribution in [0.5, 0.6) is 11.5 Å². The highest BCUT2D eigenvalue weighted by molar-refractivity contribution is 6.37. The summed E-state index contributed by atoms with van der Waals surface area (Å²) in [6.07, 6.45) is -4.68. The fourth-order valence-electron chi connectivity index (χ4n) is 2.14. The highest BCUT2D eigenvalue weighted by atomic mass is 35.5. The Labute approximate surface area is 166 Å². The molecule has 0 aromatic heterocycles. The lowest BCUT2D eigenvalue weighted by molar-refractivity contribution is -0.141. The van der Waals surface area contributed by atoms with E-state index in [0.717, 1.165) is 0 Å². The second-order valence-electron chi connectivity index (χ2n) is 5.29. The van der Waals surface area contributed by atoms with Gasteiger partial charge in [0, 0.05) is 11.4 Å². The summed E-state index contributed by atoms with van der Waals surface area (Å²) in [5, 5.41) is -1.08. The number of ether oxygens (including phenoxy) is 2. The molecule has 2 aromatic rings. The number of aryl methyl sites for hydroxylation is 1. The molecule has 0 radical (unpaired) electrons. The molecule has 0 aliphatic rings. The maximum atomic E-state index is 14.0. The van der Waals surface area contributed by atoms with E-state index in [-0.39, 0.29) is 18.6 Å². The van der Waals surface area contributed by atoms with Gasteiger partial charge in [-0.3, -0.25) is 4.79 Å². The lowest BCUT2D eigenvalue weighted by Gasteiger charge is -2.15. The molecule has 0 fully saturated rings. The molecule has 2 aromatic carbocycles. The minimum Gasteiger partial charge on any atom is -0.469 e. The highest BCUT2D eigenvalue weighted by Gasteiger charge is 2.37. The van der Waals surface area contributed by atoms with Gasteiger partial charge >= 0.3 is 12.1 Å². The molecule has 0 saturated heterocycles. The highest BCUT2D eigenvalue weighted by Crippen LogP contribution is 2.44. The molecule has 146 valence electrons. The van der Waals surface area contributed by atoms with E-state index in [0.29, 0.717) is 16.7 Å². The number of methoxy groups -OCH3 is 1. The lowest BCUT2D eigenvalue weighted by Crippen LogP contribution is -2.09. The van der Waals surface area contributed by atoms with Gasteiger partial charge in [0.05, 0.1) is 17.7 Å². The number of carbonyl (C=O) groups excluding carboxylic acids is 1. The molecule has 3 nitrogen and oxygen atoms in total. The van der Waals surface area contributed by atoms with E-state index in [4.69, 9.17) is 39.5 Å². The summed E-state index contributed by atoms with van der Waals surface area (Å²) in [4.78, 5) is 11.2. The van der Waals surface area contributed by atoms with Crippen LogP contribution in [-0.4, -0.2) is 13.1 Å². The summed E-state index contributed by atoms with van der Waals surface area (Å²) in [6.45, 7) is 0. The fraction of sp³-hybridized carbons (Fsp3) is 0.235. The number of esters is 1. The lowest BCUT2D eigenvalue weighted by atomic mass is 10.1. The fourth-order valence-corrected chi connectivity index (χ4v) is 2.89. The topological polar surface area (TPSA) is 35.5 Å². The van der Waals surface area contributed by atoms with Crippen LogP contribution in [0.15, 0.2) is 24.3 Å². The molecule has 0 amide bonds. The second kappa shape index (κ2) is 8.54. The van der Waals surface area contributed by atoms with Crippen molar-refractivity contribution >= 4 is 40.8 Å². The molecule has 0 aliphatic carbocycles. The monoisotopic (exact) mass is 444 g/mol. The largest absolute Gasteiger partial charge is 0.469 e. The summed E-state index contributed by atoms with van der Waals surface area (Å²) in [5.41, 5.74) is -1.08. The van der Waals surface area contributed by atoms with Gasteiger partial charge in [-0.1, -0.05) is 34.8 Å². The van der Waals surface area contributed by atoms with Crippen molar-refractivity contribution in [3.63, 3.8) is 0 Å². The van der Waals surface area contributed by atoms with Gasteiger partial charge in [0.15, 0.2) is 11.6 Å². The van der Waals surface area contributed by atoms with Gasteiger partial charge in [-0.05, 0) is 36.2 Å². The third-order valence-electron chi connectivity index (χ3n) is 3.49. The smallest absolute Gasteiger partial charge is 0.419 e. The van der Waals surface area contributed by atoms with Crippen molar-refractivity contribution in [2.24, 2.45) is 0 Å². The van der Waals surface area contributed by atoms with Crippen LogP contribution in [0.1, 0.15) is 17.5 Å². The third kappa shape index (κ3) is 5.18. The van der Waals surface area contributed by atoms with Gasteiger partial charge in [-0.25, -0.2) is 4.39 Å². The first-order valence-corrected chi connectivity index (χ1v) is 8.45. The molecular formula is C17H11Cl3F4O3. The van der Waals surface area contributed by atoms with Crippen LogP contribution >= 0.6 is 34.8 Å². The average molecular weight is 446 g/mol. The maximum absolute atomic E-state index is 14.0. The van der Waals surface area contributed by atoms with Gasteiger partial charge in [0.1, 0.15) is 10.8 Å². The number of alkyl halides is 3. The summed E-state index contributed by atoms with van der Waals surface area (Å²) >= 11 is 17.5. The Morgan fingerprint density at radius 2 is 1.78 bits per heavy atom. The molecule has 0 bridgehead atoms. The normalized spacial score (nSPS) is 11.4. The van der Waals surface area contributed by atoms with Crippen LogP contribution in [0.2, 0.25) is 15.1 Å². The van der Waals surface area contributed by atoms with Crippen molar-refractivity contribution in [2.45, 2.75) is 19.0 Å². The van der Waals surface area contributed by atoms with Crippen LogP contribution in [0.25, 0.3) is 0 Å². The second-order valence-corrected chi connectivity index (χ2v) is 6.48. The van der Waals surface area contributed by atoms with E-state index in [1.807, 2.05) is 0 Å². The quantitative estimate of drug-likeness (QED) is 0.292. The van der Waals surface area contributed by atoms with Crippen molar-refractivity contribution in [3.8, 4) is 11.5 Å². The van der Waals surface area contributed by atoms with Crippen LogP contribution in [-0.2, 0) is 22.1 Å². The number of hydrogen-bond acceptors (Lipinski definition) is 3. The van der Waals surface area contributed by atoms with Crippen LogP contribution in [0.4, 0.5) is 17.6 Å². The van der Waals surface area contributed by atoms with E-state index in [2.05, 4.69) is 4.74 Å². The van der Waals surface area contributed by atoms with E-state index in [1.165, 1.54) is 25.3 Å². The van der Waals surface area contributed by atoms with Crippen molar-refractivity contribution in [1.29, 1.82) is 0 Å². The molecule has 0 unspecified atom stereocenters. The van der Waals surface area contributed by atoms with Crippen molar-refractivity contribution in [2.75, 3.05) is 7.11 Å². The minimum atomic E-state index is -4.96. The van der Waals surface area contributed by atoms with Crippen molar-refractivity contribution < 1.29 is 31.8 Å². The summed E-state index contributed by atoms with van der Waals surface area (Å²) < 4.78 is 62.3. The van der Waals surface area contributed by atoms with Gasteiger partial charge in [-0.2, -0.15) is 13.2 Å². The van der Waals surface area contributed by atoms with Gasteiger partial charge in [0.2, 0.25) is 0 Å². The minimum absolute atomic E-state index is 0.0517. The predicted octanol–water partition coefficient (Wildman–Crippen LogP) is 6.70. The van der Waals surface area contributed by atoms with E-state index >= 15 is 0 Å². The molecule has 27 heavy (non-hydrogen) atoms. The Hall–Kier alpha value is -1.70.